The molecule has 0 bridgehead atoms. The van der Waals surface area contributed by atoms with E-state index in [9.17, 15) is 9.59 Å². The number of halogens is 1. The number of carbonyl (C=O) groups excluding carboxylic acids is 2. The van der Waals surface area contributed by atoms with E-state index in [2.05, 4.69) is 0 Å². The Morgan fingerprint density at radius 3 is 2.38 bits per heavy atom. The molecule has 0 N–H and O–H groups in total. The lowest BCUT2D eigenvalue weighted by Crippen LogP contribution is -2.37. The number of para-hydroxylation sites is 1. The number of nitrogens with zero attached hydrogens (tertiary/aromatic N) is 2. The summed E-state index contributed by atoms with van der Waals surface area (Å²) in [6.07, 6.45) is -0.994. The van der Waals surface area contributed by atoms with Crippen LogP contribution in [-0.4, -0.2) is 32.1 Å². The third-order valence-corrected chi connectivity index (χ3v) is 6.77. The van der Waals surface area contributed by atoms with Crippen LogP contribution in [0.2, 0.25) is 5.02 Å². The first-order valence-electron chi connectivity index (χ1n) is 10.8. The van der Waals surface area contributed by atoms with Gasteiger partial charge in [0.1, 0.15) is 23.5 Å². The summed E-state index contributed by atoms with van der Waals surface area (Å²) < 4.78 is 11.1. The highest BCUT2D eigenvalue weighted by Crippen LogP contribution is 2.50. The van der Waals surface area contributed by atoms with E-state index in [1.54, 1.807) is 56.5 Å². The van der Waals surface area contributed by atoms with Crippen molar-refractivity contribution in [2.24, 2.45) is 5.92 Å². The van der Waals surface area contributed by atoms with E-state index in [1.165, 1.54) is 4.90 Å². The van der Waals surface area contributed by atoms with Gasteiger partial charge in [-0.2, -0.15) is 0 Å². The van der Waals surface area contributed by atoms with Gasteiger partial charge in [0.25, 0.3) is 5.91 Å². The van der Waals surface area contributed by atoms with Gasteiger partial charge < -0.3 is 9.47 Å². The van der Waals surface area contributed by atoms with Crippen LogP contribution in [-0.2, 0) is 14.4 Å². The minimum Gasteiger partial charge on any atom is -0.497 e. The summed E-state index contributed by atoms with van der Waals surface area (Å²) in [4.78, 5) is 34.8. The largest absolute Gasteiger partial charge is 0.497 e. The normalized spacial score (nSPS) is 21.7. The Hall–Kier alpha value is -3.55. The summed E-state index contributed by atoms with van der Waals surface area (Å²) in [7, 11) is 3.14. The number of amides is 2. The van der Waals surface area contributed by atoms with Gasteiger partial charge in [-0.25, -0.2) is 9.96 Å². The number of fused-ring (bicyclic) bond motifs is 1. The molecule has 2 aliphatic rings. The minimum absolute atomic E-state index is 0.353. The molecule has 0 saturated carbocycles. The molecule has 0 aromatic heterocycles. The second kappa shape index (κ2) is 8.66. The molecule has 5 rings (SSSR count). The average Bonchev–Trinajstić information content (AvgIpc) is 3.37. The Morgan fingerprint density at radius 1 is 0.912 bits per heavy atom. The van der Waals surface area contributed by atoms with Crippen LogP contribution < -0.4 is 19.4 Å². The van der Waals surface area contributed by atoms with E-state index in [1.807, 2.05) is 36.4 Å². The zero-order chi connectivity index (χ0) is 24.0. The topological polar surface area (TPSA) is 68.3 Å². The van der Waals surface area contributed by atoms with E-state index in [0.29, 0.717) is 33.3 Å². The maximum atomic E-state index is 13.9. The number of hydroxylamine groups is 1. The third-order valence-electron chi connectivity index (χ3n) is 6.36. The number of benzene rings is 3. The maximum absolute atomic E-state index is 13.9. The number of imide groups is 1. The molecule has 34 heavy (non-hydrogen) atoms. The van der Waals surface area contributed by atoms with Gasteiger partial charge >= 0.3 is 0 Å². The molecule has 0 aliphatic carbocycles. The van der Waals surface area contributed by atoms with Gasteiger partial charge in [-0.1, -0.05) is 35.9 Å². The number of carbonyl (C=O) groups is 2. The van der Waals surface area contributed by atoms with Crippen LogP contribution in [0.5, 0.6) is 11.5 Å². The minimum atomic E-state index is -0.994. The van der Waals surface area contributed by atoms with Crippen molar-refractivity contribution in [3.8, 4) is 11.5 Å². The van der Waals surface area contributed by atoms with Gasteiger partial charge in [0.05, 0.1) is 25.6 Å². The Labute approximate surface area is 202 Å². The lowest BCUT2D eigenvalue weighted by atomic mass is 9.89. The van der Waals surface area contributed by atoms with Crippen LogP contribution in [0.15, 0.2) is 66.7 Å². The van der Waals surface area contributed by atoms with Crippen molar-refractivity contribution < 1.29 is 23.9 Å². The summed E-state index contributed by atoms with van der Waals surface area (Å²) >= 11 is 6.29. The van der Waals surface area contributed by atoms with Crippen LogP contribution in [0.4, 0.5) is 11.4 Å². The van der Waals surface area contributed by atoms with E-state index in [4.69, 9.17) is 25.9 Å². The molecule has 3 aromatic carbocycles. The van der Waals surface area contributed by atoms with Gasteiger partial charge in [0.2, 0.25) is 5.91 Å². The number of rotatable bonds is 5. The van der Waals surface area contributed by atoms with Crippen molar-refractivity contribution in [3.05, 3.63) is 82.9 Å². The lowest BCUT2D eigenvalue weighted by Gasteiger charge is -2.30. The van der Waals surface area contributed by atoms with E-state index >= 15 is 0 Å². The van der Waals surface area contributed by atoms with Gasteiger partial charge in [-0.3, -0.25) is 14.4 Å². The van der Waals surface area contributed by atoms with E-state index in [0.717, 1.165) is 5.69 Å². The smallest absolute Gasteiger partial charge is 0.266 e. The number of methoxy groups -OCH3 is 2. The second-order valence-corrected chi connectivity index (χ2v) is 8.57. The van der Waals surface area contributed by atoms with Gasteiger partial charge in [0.15, 0.2) is 6.10 Å². The molecular formula is C26H23ClN2O5. The lowest BCUT2D eigenvalue weighted by molar-refractivity contribution is -0.126. The van der Waals surface area contributed by atoms with Crippen molar-refractivity contribution in [2.45, 2.75) is 19.1 Å². The van der Waals surface area contributed by atoms with E-state index < -0.39 is 24.0 Å². The number of hydrogen-bond acceptors (Lipinski definition) is 6. The van der Waals surface area contributed by atoms with Crippen LogP contribution >= 0.6 is 11.6 Å². The van der Waals surface area contributed by atoms with Crippen molar-refractivity contribution >= 4 is 34.8 Å². The van der Waals surface area contributed by atoms with Crippen molar-refractivity contribution in [2.75, 3.05) is 24.2 Å². The SMILES string of the molecule is COc1ccc(OC)c([C@H]2[C@@H]3C(=O)N(c4cccc(Cl)c4C)C(=O)[C@H]3ON2c2ccccc2)c1. The highest BCUT2D eigenvalue weighted by atomic mass is 35.5. The van der Waals surface area contributed by atoms with Crippen LogP contribution in [0, 0.1) is 12.8 Å². The molecule has 2 fully saturated rings. The predicted octanol–water partition coefficient (Wildman–Crippen LogP) is 4.72. The number of hydrogen-bond donors (Lipinski definition) is 0. The molecule has 0 unspecified atom stereocenters. The molecular weight excluding hydrogens is 456 g/mol. The predicted molar refractivity (Wildman–Crippen MR) is 128 cm³/mol. The van der Waals surface area contributed by atoms with Crippen molar-refractivity contribution in [1.29, 1.82) is 0 Å². The molecule has 2 amide bonds. The van der Waals surface area contributed by atoms with Crippen LogP contribution in [0.1, 0.15) is 17.2 Å². The molecule has 8 heteroatoms. The third kappa shape index (κ3) is 3.40. The molecule has 0 spiro atoms. The fraction of sp³-hybridized carbons (Fsp3) is 0.231. The fourth-order valence-electron chi connectivity index (χ4n) is 4.68. The van der Waals surface area contributed by atoms with Crippen LogP contribution in [0.3, 0.4) is 0 Å². The molecule has 3 atom stereocenters. The second-order valence-electron chi connectivity index (χ2n) is 8.16. The van der Waals surface area contributed by atoms with E-state index in [-0.39, 0.29) is 5.91 Å². The van der Waals surface area contributed by atoms with Gasteiger partial charge in [-0.15, -0.1) is 0 Å². The van der Waals surface area contributed by atoms with Gasteiger partial charge in [0, 0.05) is 10.6 Å². The highest BCUT2D eigenvalue weighted by molar-refractivity contribution is 6.32. The Kier molecular flexibility index (Phi) is 5.67. The average molecular weight is 479 g/mol. The first kappa shape index (κ1) is 22.3. The monoisotopic (exact) mass is 478 g/mol. The highest BCUT2D eigenvalue weighted by Gasteiger charge is 2.61. The molecule has 2 heterocycles. The van der Waals surface area contributed by atoms with Gasteiger partial charge in [-0.05, 0) is 55.0 Å². The first-order valence-corrected chi connectivity index (χ1v) is 11.2. The van der Waals surface area contributed by atoms with Crippen molar-refractivity contribution in [1.82, 2.24) is 0 Å². The Bertz CT molecular complexity index is 1270. The summed E-state index contributed by atoms with van der Waals surface area (Å²) in [6, 6.07) is 19.3. The fourth-order valence-corrected chi connectivity index (χ4v) is 4.85. The molecule has 0 radical (unpaired) electrons. The zero-order valence-corrected chi connectivity index (χ0v) is 19.7. The maximum Gasteiger partial charge on any atom is 0.266 e. The summed E-state index contributed by atoms with van der Waals surface area (Å²) in [5, 5.41) is 2.11. The molecule has 174 valence electrons. The standard InChI is InChI=1S/C26H23ClN2O5/c1-15-19(27)10-7-11-20(15)28-25(30)22-23(18-14-17(32-2)12-13-21(18)33-3)29(34-24(22)26(28)31)16-8-5-4-6-9-16/h4-14,22-24H,1-3H3/t22-,23-,24-/m0/s1. The van der Waals surface area contributed by atoms with Crippen molar-refractivity contribution in [3.63, 3.8) is 0 Å². The summed E-state index contributed by atoms with van der Waals surface area (Å²) in [5.74, 6) is -0.411. The summed E-state index contributed by atoms with van der Waals surface area (Å²) in [5.41, 5.74) is 2.52. The molecule has 2 saturated heterocycles. The van der Waals surface area contributed by atoms with Crippen LogP contribution in [0.25, 0.3) is 0 Å². The number of anilines is 2. The summed E-state index contributed by atoms with van der Waals surface area (Å²) in [6.45, 7) is 1.78. The Balaban J connectivity index is 1.65. The molecule has 2 aliphatic heterocycles. The quantitative estimate of drug-likeness (QED) is 0.494. The Morgan fingerprint density at radius 2 is 1.68 bits per heavy atom. The first-order chi connectivity index (χ1) is 16.5. The zero-order valence-electron chi connectivity index (χ0n) is 18.9. The molecule has 7 nitrogen and oxygen atoms in total. The number of ether oxygens (including phenoxy) is 2. The molecule has 3 aromatic rings.